The molecular weight excluding hydrogens is 297 g/mol. The molecule has 0 atom stereocenters. The predicted molar refractivity (Wildman–Crippen MR) is 88.9 cm³/mol. The van der Waals surface area contributed by atoms with Crippen LogP contribution in [0.2, 0.25) is 0 Å². The van der Waals surface area contributed by atoms with Crippen molar-refractivity contribution >= 4 is 0 Å². The summed E-state index contributed by atoms with van der Waals surface area (Å²) in [6.07, 6.45) is -3.63. The first-order valence-electron chi connectivity index (χ1n) is 7.96. The monoisotopic (exact) mass is 320 g/mol. The van der Waals surface area contributed by atoms with Crippen LogP contribution < -0.4 is 0 Å². The lowest BCUT2D eigenvalue weighted by molar-refractivity contribution is -0.137. The number of hydrogen-bond donors (Lipinski definition) is 0. The highest BCUT2D eigenvalue weighted by Crippen LogP contribution is 2.30. The molecule has 2 aromatic carbocycles. The molecule has 0 aliphatic rings. The molecule has 0 spiro atoms. The van der Waals surface area contributed by atoms with E-state index in [1.165, 1.54) is 11.1 Å². The Morgan fingerprint density at radius 3 is 1.61 bits per heavy atom. The molecule has 2 aromatic rings. The third kappa shape index (κ3) is 4.60. The maximum Gasteiger partial charge on any atom is 0.416 e. The van der Waals surface area contributed by atoms with E-state index >= 15 is 0 Å². The minimum atomic E-state index is -4.28. The third-order valence-electron chi connectivity index (χ3n) is 4.06. The normalized spacial score (nSPS) is 12.2. The van der Waals surface area contributed by atoms with E-state index in [-0.39, 0.29) is 0 Å². The molecule has 0 unspecified atom stereocenters. The Balaban J connectivity index is 2.28. The van der Waals surface area contributed by atoms with Crippen molar-refractivity contribution in [1.82, 2.24) is 0 Å². The minimum absolute atomic E-state index is 0.431. The van der Waals surface area contributed by atoms with Crippen molar-refractivity contribution in [2.24, 2.45) is 0 Å². The quantitative estimate of drug-likeness (QED) is 0.599. The molecule has 0 amide bonds. The second-order valence-electron chi connectivity index (χ2n) is 6.69. The number of halogens is 3. The SMILES string of the molecule is CC(C)c1cc(Cc2ccc(C(F)(F)F)cc2)cc(C(C)C)c1. The van der Waals surface area contributed by atoms with Crippen LogP contribution in [0.15, 0.2) is 42.5 Å². The van der Waals surface area contributed by atoms with Gasteiger partial charge < -0.3 is 0 Å². The highest BCUT2D eigenvalue weighted by atomic mass is 19.4. The summed E-state index contributed by atoms with van der Waals surface area (Å²) >= 11 is 0. The molecule has 0 bridgehead atoms. The maximum atomic E-state index is 12.6. The van der Waals surface area contributed by atoms with Crippen LogP contribution in [-0.4, -0.2) is 0 Å². The summed E-state index contributed by atoms with van der Waals surface area (Å²) in [5.41, 5.74) is 4.00. The van der Waals surface area contributed by atoms with Crippen molar-refractivity contribution in [1.29, 1.82) is 0 Å². The van der Waals surface area contributed by atoms with Gasteiger partial charge in [-0.3, -0.25) is 0 Å². The second kappa shape index (κ2) is 6.77. The van der Waals surface area contributed by atoms with Crippen LogP contribution in [-0.2, 0) is 12.6 Å². The fraction of sp³-hybridized carbons (Fsp3) is 0.400. The lowest BCUT2D eigenvalue weighted by atomic mass is 9.91. The standard InChI is InChI=1S/C20H23F3/c1-13(2)17-10-16(11-18(12-17)14(3)4)9-15-5-7-19(8-6-15)20(21,22)23/h5-8,10-14H,9H2,1-4H3. The largest absolute Gasteiger partial charge is 0.416 e. The van der Waals surface area contributed by atoms with E-state index in [4.69, 9.17) is 0 Å². The first-order chi connectivity index (χ1) is 10.7. The van der Waals surface area contributed by atoms with Gasteiger partial charge in [0.25, 0.3) is 0 Å². The molecule has 0 aromatic heterocycles. The Bertz CT molecular complexity index is 623. The van der Waals surface area contributed by atoms with Crippen molar-refractivity contribution < 1.29 is 13.2 Å². The van der Waals surface area contributed by atoms with E-state index in [1.807, 2.05) is 0 Å². The van der Waals surface area contributed by atoms with Gasteiger partial charge in [-0.2, -0.15) is 13.2 Å². The highest BCUT2D eigenvalue weighted by molar-refractivity contribution is 5.37. The molecule has 0 N–H and O–H groups in total. The van der Waals surface area contributed by atoms with E-state index in [0.29, 0.717) is 18.3 Å². The predicted octanol–water partition coefficient (Wildman–Crippen LogP) is 6.54. The molecule has 0 saturated heterocycles. The molecular formula is C20H23F3. The van der Waals surface area contributed by atoms with E-state index in [2.05, 4.69) is 45.9 Å². The van der Waals surface area contributed by atoms with Crippen molar-refractivity contribution in [3.05, 3.63) is 70.3 Å². The molecule has 0 radical (unpaired) electrons. The van der Waals surface area contributed by atoms with Gasteiger partial charge in [0, 0.05) is 0 Å². The number of alkyl halides is 3. The fourth-order valence-electron chi connectivity index (χ4n) is 2.56. The van der Waals surface area contributed by atoms with E-state index < -0.39 is 11.7 Å². The summed E-state index contributed by atoms with van der Waals surface area (Å²) < 4.78 is 37.9. The molecule has 0 fully saturated rings. The van der Waals surface area contributed by atoms with Gasteiger partial charge in [-0.05, 0) is 52.6 Å². The average molecular weight is 320 g/mol. The number of rotatable bonds is 4. The van der Waals surface area contributed by atoms with Crippen LogP contribution in [0.1, 0.15) is 67.3 Å². The van der Waals surface area contributed by atoms with Crippen LogP contribution in [0.3, 0.4) is 0 Å². The molecule has 0 aliphatic heterocycles. The van der Waals surface area contributed by atoms with Gasteiger partial charge in [-0.1, -0.05) is 58.0 Å². The van der Waals surface area contributed by atoms with Crippen molar-refractivity contribution in [3.8, 4) is 0 Å². The molecule has 2 rings (SSSR count). The second-order valence-corrected chi connectivity index (χ2v) is 6.69. The average Bonchev–Trinajstić information content (AvgIpc) is 2.46. The van der Waals surface area contributed by atoms with Gasteiger partial charge >= 0.3 is 6.18 Å². The summed E-state index contributed by atoms with van der Waals surface area (Å²) in [4.78, 5) is 0. The fourth-order valence-corrected chi connectivity index (χ4v) is 2.56. The van der Waals surface area contributed by atoms with Crippen LogP contribution in [0.25, 0.3) is 0 Å². The van der Waals surface area contributed by atoms with Gasteiger partial charge in [-0.25, -0.2) is 0 Å². The van der Waals surface area contributed by atoms with Crippen molar-refractivity contribution in [3.63, 3.8) is 0 Å². The highest BCUT2D eigenvalue weighted by Gasteiger charge is 2.29. The molecule has 124 valence electrons. The number of benzene rings is 2. The first kappa shape index (κ1) is 17.6. The molecule has 0 saturated carbocycles. The third-order valence-corrected chi connectivity index (χ3v) is 4.06. The van der Waals surface area contributed by atoms with Gasteiger partial charge in [-0.15, -0.1) is 0 Å². The van der Waals surface area contributed by atoms with Crippen molar-refractivity contribution in [2.75, 3.05) is 0 Å². The zero-order valence-electron chi connectivity index (χ0n) is 14.0. The summed E-state index contributed by atoms with van der Waals surface area (Å²) in [7, 11) is 0. The molecule has 0 nitrogen and oxygen atoms in total. The van der Waals surface area contributed by atoms with Crippen LogP contribution in [0, 0.1) is 0 Å². The Morgan fingerprint density at radius 1 is 0.739 bits per heavy atom. The van der Waals surface area contributed by atoms with Gasteiger partial charge in [0.1, 0.15) is 0 Å². The lowest BCUT2D eigenvalue weighted by Gasteiger charge is -2.15. The van der Waals surface area contributed by atoms with E-state index in [9.17, 15) is 13.2 Å². The van der Waals surface area contributed by atoms with Crippen molar-refractivity contribution in [2.45, 2.75) is 52.1 Å². The molecule has 0 aliphatic carbocycles. The van der Waals surface area contributed by atoms with E-state index in [1.54, 1.807) is 12.1 Å². The minimum Gasteiger partial charge on any atom is -0.166 e. The van der Waals surface area contributed by atoms with Gasteiger partial charge in [0.15, 0.2) is 0 Å². The van der Waals surface area contributed by atoms with Gasteiger partial charge in [0.05, 0.1) is 5.56 Å². The Kier molecular flexibility index (Phi) is 5.18. The summed E-state index contributed by atoms with van der Waals surface area (Å²) in [6, 6.07) is 12.0. The topological polar surface area (TPSA) is 0 Å². The zero-order valence-corrected chi connectivity index (χ0v) is 14.0. The Hall–Kier alpha value is -1.77. The summed E-state index contributed by atoms with van der Waals surface area (Å²) in [6.45, 7) is 8.62. The Labute approximate surface area is 136 Å². The number of hydrogen-bond acceptors (Lipinski definition) is 0. The summed E-state index contributed by atoms with van der Waals surface area (Å²) in [5.74, 6) is 0.861. The lowest BCUT2D eigenvalue weighted by Crippen LogP contribution is -2.04. The van der Waals surface area contributed by atoms with Crippen LogP contribution in [0.5, 0.6) is 0 Å². The molecule has 3 heteroatoms. The smallest absolute Gasteiger partial charge is 0.166 e. The maximum absolute atomic E-state index is 12.6. The first-order valence-corrected chi connectivity index (χ1v) is 7.96. The summed E-state index contributed by atoms with van der Waals surface area (Å²) in [5, 5.41) is 0. The zero-order chi connectivity index (χ0) is 17.2. The van der Waals surface area contributed by atoms with Gasteiger partial charge in [0.2, 0.25) is 0 Å². The Morgan fingerprint density at radius 2 is 1.22 bits per heavy atom. The van der Waals surface area contributed by atoms with Crippen LogP contribution >= 0.6 is 0 Å². The van der Waals surface area contributed by atoms with E-state index in [0.717, 1.165) is 23.3 Å². The molecule has 23 heavy (non-hydrogen) atoms. The molecule has 0 heterocycles. The van der Waals surface area contributed by atoms with Crippen LogP contribution in [0.4, 0.5) is 13.2 Å².